The summed E-state index contributed by atoms with van der Waals surface area (Å²) in [6.07, 6.45) is 5.07. The Balaban J connectivity index is 2.12. The SMILES string of the molecule is N=C(/C=C(N)/C=C/c1ccc(O)cc1)c1ccccc1Cl. The van der Waals surface area contributed by atoms with Crippen LogP contribution in [-0.4, -0.2) is 10.8 Å². The molecule has 2 rings (SSSR count). The van der Waals surface area contributed by atoms with Gasteiger partial charge in [-0.15, -0.1) is 0 Å². The van der Waals surface area contributed by atoms with E-state index in [1.165, 1.54) is 0 Å². The van der Waals surface area contributed by atoms with Crippen molar-refractivity contribution >= 4 is 23.4 Å². The van der Waals surface area contributed by atoms with Crippen molar-refractivity contribution in [3.8, 4) is 5.75 Å². The standard InChI is InChI=1S/C17H15ClN2O/c18-16-4-2-1-3-15(16)17(20)11-13(19)8-5-12-6-9-14(21)10-7-12/h1-11,20-21H,19H2/b8-5+,13-11-,20-17?. The summed E-state index contributed by atoms with van der Waals surface area (Å²) < 4.78 is 0. The molecule has 4 heteroatoms. The highest BCUT2D eigenvalue weighted by atomic mass is 35.5. The summed E-state index contributed by atoms with van der Waals surface area (Å²) in [6.45, 7) is 0. The van der Waals surface area contributed by atoms with Gasteiger partial charge in [-0.05, 0) is 35.9 Å². The van der Waals surface area contributed by atoms with Crippen molar-refractivity contribution in [1.29, 1.82) is 5.41 Å². The average molecular weight is 299 g/mol. The molecule has 0 bridgehead atoms. The summed E-state index contributed by atoms with van der Waals surface area (Å²) >= 11 is 6.04. The zero-order valence-corrected chi connectivity index (χ0v) is 12.0. The molecule has 2 aromatic carbocycles. The molecule has 0 aliphatic rings. The number of phenols is 1. The summed E-state index contributed by atoms with van der Waals surface area (Å²) in [6, 6.07) is 13.9. The van der Waals surface area contributed by atoms with E-state index in [0.717, 1.165) is 5.56 Å². The molecule has 0 saturated heterocycles. The lowest BCUT2D eigenvalue weighted by Gasteiger charge is -2.02. The lowest BCUT2D eigenvalue weighted by molar-refractivity contribution is 0.475. The van der Waals surface area contributed by atoms with E-state index >= 15 is 0 Å². The lowest BCUT2D eigenvalue weighted by atomic mass is 10.1. The molecule has 0 amide bonds. The molecular weight excluding hydrogens is 284 g/mol. The third-order valence-electron chi connectivity index (χ3n) is 2.84. The van der Waals surface area contributed by atoms with Crippen LogP contribution in [0.5, 0.6) is 5.75 Å². The number of hydrogen-bond acceptors (Lipinski definition) is 3. The summed E-state index contributed by atoms with van der Waals surface area (Å²) in [5.74, 6) is 0.219. The fourth-order valence-electron chi connectivity index (χ4n) is 1.75. The molecule has 0 atom stereocenters. The Morgan fingerprint density at radius 1 is 1.10 bits per heavy atom. The number of hydrogen-bond donors (Lipinski definition) is 3. The molecule has 0 saturated carbocycles. The van der Waals surface area contributed by atoms with Crippen molar-refractivity contribution in [1.82, 2.24) is 0 Å². The Morgan fingerprint density at radius 3 is 2.43 bits per heavy atom. The molecule has 106 valence electrons. The Morgan fingerprint density at radius 2 is 1.76 bits per heavy atom. The first-order chi connectivity index (χ1) is 10.1. The average Bonchev–Trinajstić information content (AvgIpc) is 2.47. The molecule has 0 spiro atoms. The lowest BCUT2D eigenvalue weighted by Crippen LogP contribution is -2.01. The van der Waals surface area contributed by atoms with Crippen LogP contribution >= 0.6 is 11.6 Å². The smallest absolute Gasteiger partial charge is 0.115 e. The van der Waals surface area contributed by atoms with Gasteiger partial charge >= 0.3 is 0 Å². The first-order valence-corrected chi connectivity index (χ1v) is 6.72. The Hall–Kier alpha value is -2.52. The molecule has 0 aliphatic carbocycles. The predicted molar refractivity (Wildman–Crippen MR) is 87.7 cm³/mol. The van der Waals surface area contributed by atoms with Crippen LogP contribution in [0.25, 0.3) is 6.08 Å². The molecule has 2 aromatic rings. The van der Waals surface area contributed by atoms with Gasteiger partial charge in [0, 0.05) is 16.3 Å². The zero-order valence-electron chi connectivity index (χ0n) is 11.3. The van der Waals surface area contributed by atoms with E-state index in [2.05, 4.69) is 0 Å². The molecule has 0 heterocycles. The molecule has 0 aliphatic heterocycles. The molecule has 0 radical (unpaired) electrons. The van der Waals surface area contributed by atoms with Gasteiger partial charge < -0.3 is 16.2 Å². The second kappa shape index (κ2) is 6.77. The fraction of sp³-hybridized carbons (Fsp3) is 0. The van der Waals surface area contributed by atoms with E-state index in [-0.39, 0.29) is 11.5 Å². The van der Waals surface area contributed by atoms with Gasteiger partial charge in [0.2, 0.25) is 0 Å². The molecule has 3 nitrogen and oxygen atoms in total. The first-order valence-electron chi connectivity index (χ1n) is 6.34. The topological polar surface area (TPSA) is 70.1 Å². The summed E-state index contributed by atoms with van der Waals surface area (Å²) in [5.41, 5.74) is 8.14. The molecule has 4 N–H and O–H groups in total. The third kappa shape index (κ3) is 4.23. The van der Waals surface area contributed by atoms with Crippen LogP contribution in [0, 0.1) is 5.41 Å². The normalized spacial score (nSPS) is 11.8. The maximum absolute atomic E-state index is 9.20. The minimum absolute atomic E-state index is 0.219. The largest absolute Gasteiger partial charge is 0.508 e. The van der Waals surface area contributed by atoms with Crippen molar-refractivity contribution in [2.24, 2.45) is 5.73 Å². The minimum atomic E-state index is 0.219. The maximum atomic E-state index is 9.20. The van der Waals surface area contributed by atoms with Gasteiger partial charge in [-0.1, -0.05) is 48.0 Å². The predicted octanol–water partition coefficient (Wildman–Crippen LogP) is 3.97. The zero-order chi connectivity index (χ0) is 15.2. The highest BCUT2D eigenvalue weighted by Gasteiger charge is 2.03. The third-order valence-corrected chi connectivity index (χ3v) is 3.17. The molecule has 0 aromatic heterocycles. The van der Waals surface area contributed by atoms with Crippen LogP contribution < -0.4 is 5.73 Å². The summed E-state index contributed by atoms with van der Waals surface area (Å²) in [5, 5.41) is 17.7. The number of rotatable bonds is 4. The van der Waals surface area contributed by atoms with Crippen molar-refractivity contribution in [3.63, 3.8) is 0 Å². The highest BCUT2D eigenvalue weighted by molar-refractivity contribution is 6.34. The highest BCUT2D eigenvalue weighted by Crippen LogP contribution is 2.16. The van der Waals surface area contributed by atoms with Crippen LogP contribution in [0.1, 0.15) is 11.1 Å². The first kappa shape index (κ1) is 14.9. The maximum Gasteiger partial charge on any atom is 0.115 e. The van der Waals surface area contributed by atoms with Crippen LogP contribution in [0.4, 0.5) is 0 Å². The minimum Gasteiger partial charge on any atom is -0.508 e. The molecule has 21 heavy (non-hydrogen) atoms. The van der Waals surface area contributed by atoms with E-state index in [1.54, 1.807) is 48.6 Å². The van der Waals surface area contributed by atoms with E-state index in [0.29, 0.717) is 16.3 Å². The van der Waals surface area contributed by atoms with Crippen molar-refractivity contribution in [3.05, 3.63) is 82.5 Å². The van der Waals surface area contributed by atoms with Crippen LogP contribution in [0.3, 0.4) is 0 Å². The van der Waals surface area contributed by atoms with Gasteiger partial charge in [-0.25, -0.2) is 0 Å². The van der Waals surface area contributed by atoms with Crippen molar-refractivity contribution < 1.29 is 5.11 Å². The van der Waals surface area contributed by atoms with Crippen molar-refractivity contribution in [2.75, 3.05) is 0 Å². The van der Waals surface area contributed by atoms with E-state index in [1.807, 2.05) is 18.2 Å². The van der Waals surface area contributed by atoms with E-state index in [4.69, 9.17) is 22.7 Å². The van der Waals surface area contributed by atoms with Gasteiger partial charge in [-0.3, -0.25) is 0 Å². The quantitative estimate of drug-likeness (QED) is 0.590. The number of phenolic OH excluding ortho intramolecular Hbond substituents is 1. The molecule has 0 unspecified atom stereocenters. The molecule has 0 fully saturated rings. The van der Waals surface area contributed by atoms with Gasteiger partial charge in [0.05, 0.1) is 5.71 Å². The van der Waals surface area contributed by atoms with Crippen LogP contribution in [-0.2, 0) is 0 Å². The summed E-state index contributed by atoms with van der Waals surface area (Å²) in [4.78, 5) is 0. The van der Waals surface area contributed by atoms with E-state index < -0.39 is 0 Å². The number of aromatic hydroxyl groups is 1. The fourth-order valence-corrected chi connectivity index (χ4v) is 1.99. The number of nitrogens with two attached hydrogens (primary N) is 1. The summed E-state index contributed by atoms with van der Waals surface area (Å²) in [7, 11) is 0. The number of benzene rings is 2. The monoisotopic (exact) mass is 298 g/mol. The van der Waals surface area contributed by atoms with Gasteiger partial charge in [-0.2, -0.15) is 0 Å². The van der Waals surface area contributed by atoms with Gasteiger partial charge in [0.25, 0.3) is 0 Å². The second-order valence-corrected chi connectivity index (χ2v) is 4.87. The van der Waals surface area contributed by atoms with Gasteiger partial charge in [0.1, 0.15) is 5.75 Å². The van der Waals surface area contributed by atoms with Gasteiger partial charge in [0.15, 0.2) is 0 Å². The van der Waals surface area contributed by atoms with Crippen molar-refractivity contribution in [2.45, 2.75) is 0 Å². The Kier molecular flexibility index (Phi) is 4.80. The molecular formula is C17H15ClN2O. The van der Waals surface area contributed by atoms with Crippen LogP contribution in [0.15, 0.2) is 66.4 Å². The number of nitrogens with one attached hydrogen (secondary N) is 1. The van der Waals surface area contributed by atoms with E-state index in [9.17, 15) is 5.11 Å². The Bertz CT molecular complexity index is 703. The Labute approximate surface area is 128 Å². The number of allylic oxidation sites excluding steroid dienone is 2. The number of halogens is 1. The van der Waals surface area contributed by atoms with Crippen LogP contribution in [0.2, 0.25) is 5.02 Å². The second-order valence-electron chi connectivity index (χ2n) is 4.46.